The lowest BCUT2D eigenvalue weighted by atomic mass is 9.95. The van der Waals surface area contributed by atoms with Gasteiger partial charge in [0.25, 0.3) is 0 Å². The van der Waals surface area contributed by atoms with Crippen molar-refractivity contribution in [2.24, 2.45) is 0 Å². The Bertz CT molecular complexity index is 267. The summed E-state index contributed by atoms with van der Waals surface area (Å²) in [6, 6.07) is 0. The molecule has 7 heteroatoms. The SMILES string of the molecule is O=S(=O)([O-])C1C(F)CC(F)CC1F. The van der Waals surface area contributed by atoms with Crippen molar-refractivity contribution in [3.8, 4) is 0 Å². The molecule has 0 aliphatic heterocycles. The summed E-state index contributed by atoms with van der Waals surface area (Å²) in [5.74, 6) is 0. The van der Waals surface area contributed by atoms with E-state index in [2.05, 4.69) is 0 Å². The molecule has 0 heterocycles. The Labute approximate surface area is 73.7 Å². The quantitative estimate of drug-likeness (QED) is 0.608. The minimum Gasteiger partial charge on any atom is -0.748 e. The van der Waals surface area contributed by atoms with Gasteiger partial charge in [0.15, 0.2) is 0 Å². The van der Waals surface area contributed by atoms with E-state index in [1.807, 2.05) is 0 Å². The van der Waals surface area contributed by atoms with Crippen LogP contribution in [0.1, 0.15) is 12.8 Å². The van der Waals surface area contributed by atoms with Crippen molar-refractivity contribution in [3.63, 3.8) is 0 Å². The number of rotatable bonds is 1. The molecule has 0 saturated heterocycles. The maximum absolute atomic E-state index is 12.8. The van der Waals surface area contributed by atoms with E-state index in [1.165, 1.54) is 0 Å². The Kier molecular flexibility index (Phi) is 2.86. The van der Waals surface area contributed by atoms with Gasteiger partial charge in [0.05, 0.1) is 0 Å². The molecule has 1 fully saturated rings. The second-order valence-electron chi connectivity index (χ2n) is 3.06. The summed E-state index contributed by atoms with van der Waals surface area (Å²) < 4.78 is 69.1. The zero-order valence-electron chi connectivity index (χ0n) is 6.49. The highest BCUT2D eigenvalue weighted by molar-refractivity contribution is 7.86. The topological polar surface area (TPSA) is 57.2 Å². The van der Waals surface area contributed by atoms with E-state index >= 15 is 0 Å². The van der Waals surface area contributed by atoms with Crippen LogP contribution in [0.15, 0.2) is 0 Å². The van der Waals surface area contributed by atoms with E-state index in [1.54, 1.807) is 0 Å². The lowest BCUT2D eigenvalue weighted by molar-refractivity contribution is 0.0923. The van der Waals surface area contributed by atoms with Gasteiger partial charge in [0.2, 0.25) is 0 Å². The van der Waals surface area contributed by atoms with Crippen LogP contribution in [0.4, 0.5) is 13.2 Å². The molecule has 0 spiro atoms. The predicted molar refractivity (Wildman–Crippen MR) is 37.4 cm³/mol. The van der Waals surface area contributed by atoms with Crippen LogP contribution in [0.3, 0.4) is 0 Å². The molecule has 0 aromatic heterocycles. The molecule has 2 unspecified atom stereocenters. The molecule has 0 N–H and O–H groups in total. The van der Waals surface area contributed by atoms with Gasteiger partial charge in [-0.05, 0) is 0 Å². The van der Waals surface area contributed by atoms with E-state index in [-0.39, 0.29) is 0 Å². The van der Waals surface area contributed by atoms with Gasteiger partial charge < -0.3 is 4.55 Å². The van der Waals surface area contributed by atoms with Crippen LogP contribution in [0.2, 0.25) is 0 Å². The Balaban J connectivity index is 2.85. The van der Waals surface area contributed by atoms with Crippen molar-refractivity contribution in [1.82, 2.24) is 0 Å². The van der Waals surface area contributed by atoms with Gasteiger partial charge in [-0.3, -0.25) is 0 Å². The van der Waals surface area contributed by atoms with Crippen LogP contribution < -0.4 is 0 Å². The van der Waals surface area contributed by atoms with Crippen molar-refractivity contribution in [1.29, 1.82) is 0 Å². The summed E-state index contributed by atoms with van der Waals surface area (Å²) in [6.07, 6.45) is -7.61. The second kappa shape index (κ2) is 3.45. The van der Waals surface area contributed by atoms with Gasteiger partial charge in [-0.1, -0.05) is 0 Å². The van der Waals surface area contributed by atoms with E-state index in [4.69, 9.17) is 0 Å². The van der Waals surface area contributed by atoms with E-state index in [0.29, 0.717) is 0 Å². The molecular weight excluding hydrogens is 209 g/mol. The number of alkyl halides is 3. The molecule has 0 aromatic carbocycles. The van der Waals surface area contributed by atoms with Crippen molar-refractivity contribution >= 4 is 10.1 Å². The van der Waals surface area contributed by atoms with Gasteiger partial charge >= 0.3 is 0 Å². The molecule has 0 bridgehead atoms. The average molecular weight is 217 g/mol. The fraction of sp³-hybridized carbons (Fsp3) is 1.00. The minimum absolute atomic E-state index is 0.716. The smallest absolute Gasteiger partial charge is 0.121 e. The molecule has 1 saturated carbocycles. The summed E-state index contributed by atoms with van der Waals surface area (Å²) in [5.41, 5.74) is 0. The van der Waals surface area contributed by atoms with Crippen molar-refractivity contribution in [2.75, 3.05) is 0 Å². The van der Waals surface area contributed by atoms with Crippen molar-refractivity contribution in [3.05, 3.63) is 0 Å². The first-order valence-corrected chi connectivity index (χ1v) is 5.16. The maximum Gasteiger partial charge on any atom is 0.121 e. The average Bonchev–Trinajstić information content (AvgIpc) is 1.78. The molecule has 1 aliphatic rings. The lowest BCUT2D eigenvalue weighted by Crippen LogP contribution is -2.45. The Morgan fingerprint density at radius 3 is 1.77 bits per heavy atom. The molecule has 0 amide bonds. The van der Waals surface area contributed by atoms with E-state index in [0.717, 1.165) is 0 Å². The fourth-order valence-electron chi connectivity index (χ4n) is 1.44. The summed E-state index contributed by atoms with van der Waals surface area (Å²) in [4.78, 5) is 0. The summed E-state index contributed by atoms with van der Waals surface area (Å²) >= 11 is 0. The Morgan fingerprint density at radius 1 is 1.08 bits per heavy atom. The molecule has 0 aromatic rings. The number of hydrogen-bond acceptors (Lipinski definition) is 3. The highest BCUT2D eigenvalue weighted by Crippen LogP contribution is 2.30. The van der Waals surface area contributed by atoms with Gasteiger partial charge in [-0.25, -0.2) is 21.6 Å². The summed E-state index contributed by atoms with van der Waals surface area (Å²) in [5, 5.41) is -2.24. The number of hydrogen-bond donors (Lipinski definition) is 0. The fourth-order valence-corrected chi connectivity index (χ4v) is 2.39. The van der Waals surface area contributed by atoms with Crippen LogP contribution in [-0.2, 0) is 10.1 Å². The second-order valence-corrected chi connectivity index (χ2v) is 4.59. The molecule has 1 aliphatic carbocycles. The van der Waals surface area contributed by atoms with Crippen LogP contribution >= 0.6 is 0 Å². The van der Waals surface area contributed by atoms with Crippen LogP contribution in [0.5, 0.6) is 0 Å². The molecule has 0 radical (unpaired) electrons. The Hall–Kier alpha value is -0.300. The van der Waals surface area contributed by atoms with Gasteiger partial charge in [0, 0.05) is 12.8 Å². The zero-order valence-corrected chi connectivity index (χ0v) is 7.31. The van der Waals surface area contributed by atoms with E-state index < -0.39 is 46.7 Å². The monoisotopic (exact) mass is 217 g/mol. The van der Waals surface area contributed by atoms with Gasteiger partial charge in [-0.2, -0.15) is 0 Å². The first kappa shape index (κ1) is 10.8. The molecule has 2 atom stereocenters. The zero-order chi connectivity index (χ0) is 10.2. The van der Waals surface area contributed by atoms with Gasteiger partial charge in [0.1, 0.15) is 33.9 Å². The minimum atomic E-state index is -5.01. The maximum atomic E-state index is 12.8. The first-order valence-electron chi connectivity index (χ1n) is 3.69. The third-order valence-corrected chi connectivity index (χ3v) is 3.27. The first-order chi connectivity index (χ1) is 5.82. The van der Waals surface area contributed by atoms with Crippen molar-refractivity contribution < 1.29 is 26.1 Å². The summed E-state index contributed by atoms with van der Waals surface area (Å²) in [6.45, 7) is 0. The predicted octanol–water partition coefficient (Wildman–Crippen LogP) is 0.708. The number of halogens is 3. The lowest BCUT2D eigenvalue weighted by Gasteiger charge is -2.32. The van der Waals surface area contributed by atoms with E-state index in [9.17, 15) is 26.1 Å². The Morgan fingerprint density at radius 2 is 1.46 bits per heavy atom. The molecule has 1 rings (SSSR count). The third-order valence-electron chi connectivity index (χ3n) is 2.01. The highest BCUT2D eigenvalue weighted by atomic mass is 32.2. The van der Waals surface area contributed by atoms with Crippen LogP contribution in [0, 0.1) is 0 Å². The molecule has 13 heavy (non-hydrogen) atoms. The van der Waals surface area contributed by atoms with Crippen molar-refractivity contribution in [2.45, 2.75) is 36.6 Å². The van der Waals surface area contributed by atoms with Crippen LogP contribution in [0.25, 0.3) is 0 Å². The highest BCUT2D eigenvalue weighted by Gasteiger charge is 2.42. The standard InChI is InChI=1S/C6H9F3O3S/c7-3-1-4(8)6(5(9)2-3)13(10,11)12/h3-6H,1-2H2,(H,10,11,12)/p-1. The summed E-state index contributed by atoms with van der Waals surface area (Å²) in [7, 11) is -5.01. The third kappa shape index (κ3) is 2.34. The molecule has 78 valence electrons. The van der Waals surface area contributed by atoms with Gasteiger partial charge in [-0.15, -0.1) is 0 Å². The normalized spacial score (nSPS) is 41.8. The molecular formula is C6H8F3O3S-. The molecule has 3 nitrogen and oxygen atoms in total. The largest absolute Gasteiger partial charge is 0.748 e. The van der Waals surface area contributed by atoms with Crippen LogP contribution in [-0.4, -0.2) is 36.7 Å².